The average Bonchev–Trinajstić information content (AvgIpc) is 2.95. The highest BCUT2D eigenvalue weighted by Crippen LogP contribution is 2.39. The Hall–Kier alpha value is -0.470. The number of piperidine rings is 1. The Bertz CT molecular complexity index is 434. The van der Waals surface area contributed by atoms with Gasteiger partial charge in [0.1, 0.15) is 0 Å². The van der Waals surface area contributed by atoms with E-state index in [0.717, 1.165) is 50.9 Å². The molecule has 0 bridgehead atoms. The third-order valence-corrected chi connectivity index (χ3v) is 5.60. The molecule has 3 rings (SSSR count). The van der Waals surface area contributed by atoms with Crippen LogP contribution < -0.4 is 0 Å². The Labute approximate surface area is 143 Å². The van der Waals surface area contributed by atoms with Crippen LogP contribution in [-0.2, 0) is 14.6 Å². The summed E-state index contributed by atoms with van der Waals surface area (Å²) in [4.78, 5) is 11.7. The summed E-state index contributed by atoms with van der Waals surface area (Å²) in [6, 6.07) is 0. The maximum Gasteiger partial charge on any atom is 0.256 e. The highest BCUT2D eigenvalue weighted by molar-refractivity contribution is 8.02. The van der Waals surface area contributed by atoms with Crippen LogP contribution in [0.25, 0.3) is 0 Å². The van der Waals surface area contributed by atoms with E-state index in [0.29, 0.717) is 0 Å². The van der Waals surface area contributed by atoms with Gasteiger partial charge in [0.05, 0.1) is 19.1 Å². The number of nitrogens with zero attached hydrogens (tertiary/aromatic N) is 3. The normalized spacial score (nSPS) is 28.7. The summed E-state index contributed by atoms with van der Waals surface area (Å²) in [7, 11) is 0. The number of thioether (sulfide) groups is 1. The van der Waals surface area contributed by atoms with Crippen LogP contribution in [0.3, 0.4) is 0 Å². The van der Waals surface area contributed by atoms with Gasteiger partial charge in [0.15, 0.2) is 0 Å². The number of hydrazine groups is 1. The van der Waals surface area contributed by atoms with Crippen molar-refractivity contribution in [1.29, 1.82) is 0 Å². The first-order valence-corrected chi connectivity index (χ1v) is 9.52. The van der Waals surface area contributed by atoms with Crippen molar-refractivity contribution in [2.24, 2.45) is 0 Å². The first-order chi connectivity index (χ1) is 10.9. The lowest BCUT2D eigenvalue weighted by Gasteiger charge is -2.49. The van der Waals surface area contributed by atoms with Crippen molar-refractivity contribution in [3.8, 4) is 0 Å². The van der Waals surface area contributed by atoms with Crippen LogP contribution in [-0.4, -0.2) is 58.3 Å². The fourth-order valence-corrected chi connectivity index (χ4v) is 4.45. The van der Waals surface area contributed by atoms with E-state index in [1.165, 1.54) is 6.42 Å². The first kappa shape index (κ1) is 17.4. The van der Waals surface area contributed by atoms with Crippen LogP contribution in [0.1, 0.15) is 47.0 Å². The molecule has 23 heavy (non-hydrogen) atoms. The van der Waals surface area contributed by atoms with Crippen molar-refractivity contribution in [2.75, 3.05) is 32.2 Å². The predicted molar refractivity (Wildman–Crippen MR) is 90.8 cm³/mol. The largest absolute Gasteiger partial charge is 0.379 e. The summed E-state index contributed by atoms with van der Waals surface area (Å²) in [6.45, 7) is 12.2. The van der Waals surface area contributed by atoms with E-state index in [9.17, 15) is 0 Å². The minimum atomic E-state index is -0.0299. The average molecular weight is 343 g/mol. The van der Waals surface area contributed by atoms with Gasteiger partial charge in [-0.15, -0.1) is 16.8 Å². The van der Waals surface area contributed by atoms with E-state index in [1.54, 1.807) is 11.8 Å². The molecule has 0 unspecified atom stereocenters. The Morgan fingerprint density at radius 2 is 1.74 bits per heavy atom. The molecule has 0 aromatic heterocycles. The Kier molecular flexibility index (Phi) is 5.13. The summed E-state index contributed by atoms with van der Waals surface area (Å²) in [5, 5.41) is 8.48. The van der Waals surface area contributed by atoms with Crippen molar-refractivity contribution < 1.29 is 14.6 Å². The zero-order chi connectivity index (χ0) is 16.5. The Morgan fingerprint density at radius 3 is 2.39 bits per heavy atom. The number of hydroxylamine groups is 2. The van der Waals surface area contributed by atoms with Crippen LogP contribution in [0, 0.1) is 0 Å². The summed E-state index contributed by atoms with van der Waals surface area (Å²) in [5.41, 5.74) is -0.0598. The molecule has 0 aromatic carbocycles. The molecule has 0 atom stereocenters. The lowest BCUT2D eigenvalue weighted by Crippen LogP contribution is -2.58. The third kappa shape index (κ3) is 3.79. The molecule has 0 aliphatic carbocycles. The van der Waals surface area contributed by atoms with Crippen LogP contribution in [0.2, 0.25) is 0 Å². The summed E-state index contributed by atoms with van der Waals surface area (Å²) in [5.74, 6) is 1.64. The highest BCUT2D eigenvalue weighted by atomic mass is 32.2. The monoisotopic (exact) mass is 343 g/mol. The number of rotatable bonds is 4. The quantitative estimate of drug-likeness (QED) is 0.574. The Balaban J connectivity index is 1.62. The summed E-state index contributed by atoms with van der Waals surface area (Å²) >= 11 is 1.73. The van der Waals surface area contributed by atoms with Gasteiger partial charge >= 0.3 is 0 Å². The molecular formula is C16H29N3O3S. The van der Waals surface area contributed by atoms with Gasteiger partial charge in [-0.25, -0.2) is 5.01 Å². The lowest BCUT2D eigenvalue weighted by molar-refractivity contribution is -0.467. The van der Waals surface area contributed by atoms with Crippen molar-refractivity contribution in [3.63, 3.8) is 0 Å². The first-order valence-electron chi connectivity index (χ1n) is 8.47. The zero-order valence-electron chi connectivity index (χ0n) is 14.7. The molecule has 7 heteroatoms. The lowest BCUT2D eigenvalue weighted by atomic mass is 9.82. The molecule has 3 aliphatic rings. The van der Waals surface area contributed by atoms with Gasteiger partial charge in [0.25, 0.3) is 5.88 Å². The summed E-state index contributed by atoms with van der Waals surface area (Å²) in [6.07, 6.45) is 3.44. The van der Waals surface area contributed by atoms with E-state index < -0.39 is 0 Å². The van der Waals surface area contributed by atoms with Gasteiger partial charge in [0.2, 0.25) is 0 Å². The van der Waals surface area contributed by atoms with Crippen molar-refractivity contribution >= 4 is 11.8 Å². The minimum absolute atomic E-state index is 0.0299. The molecule has 0 amide bonds. The second kappa shape index (κ2) is 6.80. The second-order valence-corrected chi connectivity index (χ2v) is 8.48. The molecule has 0 radical (unpaired) electrons. The zero-order valence-corrected chi connectivity index (χ0v) is 15.5. The van der Waals surface area contributed by atoms with E-state index >= 15 is 0 Å². The van der Waals surface area contributed by atoms with Crippen molar-refractivity contribution in [1.82, 2.24) is 15.1 Å². The molecule has 0 aromatic rings. The standard InChI is InChI=1S/C16H29N3O3S/c1-15(2)6-5-7-16(3,4)19(15)22-21-14-12-23-13-18(14)17-8-10-20-11-9-17/h12H,5-11,13H2,1-4H3. The molecule has 132 valence electrons. The molecule has 0 saturated carbocycles. The molecule has 3 heterocycles. The molecular weight excluding hydrogens is 314 g/mol. The van der Waals surface area contributed by atoms with Crippen LogP contribution >= 0.6 is 11.8 Å². The SMILES string of the molecule is CC1(C)CCCC(C)(C)N1OOC1=CSCN1N1CCOCC1. The van der Waals surface area contributed by atoms with E-state index in [4.69, 9.17) is 14.6 Å². The van der Waals surface area contributed by atoms with Gasteiger partial charge in [-0.2, -0.15) is 0 Å². The minimum Gasteiger partial charge on any atom is -0.379 e. The highest BCUT2D eigenvalue weighted by Gasteiger charge is 2.44. The number of morpholine rings is 1. The number of hydrogen-bond donors (Lipinski definition) is 0. The van der Waals surface area contributed by atoms with Gasteiger partial charge < -0.3 is 4.74 Å². The molecule has 0 spiro atoms. The van der Waals surface area contributed by atoms with E-state index in [1.807, 2.05) is 10.5 Å². The van der Waals surface area contributed by atoms with Gasteiger partial charge in [-0.1, -0.05) is 4.99 Å². The van der Waals surface area contributed by atoms with Gasteiger partial charge in [0, 0.05) is 29.6 Å². The van der Waals surface area contributed by atoms with Gasteiger partial charge in [-0.05, 0) is 47.0 Å². The smallest absolute Gasteiger partial charge is 0.256 e. The third-order valence-electron chi connectivity index (χ3n) is 4.84. The predicted octanol–water partition coefficient (Wildman–Crippen LogP) is 2.95. The fraction of sp³-hybridized carbons (Fsp3) is 0.875. The number of ether oxygens (including phenoxy) is 1. The molecule has 2 saturated heterocycles. The maximum absolute atomic E-state index is 5.87. The van der Waals surface area contributed by atoms with E-state index in [2.05, 4.69) is 37.7 Å². The topological polar surface area (TPSA) is 37.4 Å². The van der Waals surface area contributed by atoms with Crippen molar-refractivity contribution in [2.45, 2.75) is 58.0 Å². The molecule has 6 nitrogen and oxygen atoms in total. The van der Waals surface area contributed by atoms with Crippen molar-refractivity contribution in [3.05, 3.63) is 11.3 Å². The van der Waals surface area contributed by atoms with Crippen LogP contribution in [0.15, 0.2) is 11.3 Å². The molecule has 0 N–H and O–H groups in total. The Morgan fingerprint density at radius 1 is 1.09 bits per heavy atom. The van der Waals surface area contributed by atoms with Crippen LogP contribution in [0.5, 0.6) is 0 Å². The van der Waals surface area contributed by atoms with E-state index in [-0.39, 0.29) is 11.1 Å². The fourth-order valence-electron chi connectivity index (χ4n) is 3.64. The molecule has 3 aliphatic heterocycles. The maximum atomic E-state index is 5.87. The summed E-state index contributed by atoms with van der Waals surface area (Å²) < 4.78 is 5.43. The molecule has 2 fully saturated rings. The van der Waals surface area contributed by atoms with Crippen LogP contribution in [0.4, 0.5) is 0 Å². The van der Waals surface area contributed by atoms with Gasteiger partial charge in [-0.3, -0.25) is 9.90 Å². The second-order valence-electron chi connectivity index (χ2n) is 7.65. The number of hydrogen-bond acceptors (Lipinski definition) is 7.